The number of piperidine rings is 1. The van der Waals surface area contributed by atoms with Crippen molar-refractivity contribution in [3.63, 3.8) is 0 Å². The normalized spacial score (nSPS) is 14.1. The molecule has 1 fully saturated rings. The van der Waals surface area contributed by atoms with Crippen molar-refractivity contribution in [3.8, 4) is 11.3 Å². The van der Waals surface area contributed by atoms with Crippen LogP contribution in [0.4, 0.5) is 11.5 Å². The van der Waals surface area contributed by atoms with E-state index < -0.39 is 0 Å². The Kier molecular flexibility index (Phi) is 6.61. The minimum absolute atomic E-state index is 0.00304. The quantitative estimate of drug-likeness (QED) is 0.386. The van der Waals surface area contributed by atoms with Crippen LogP contribution < -0.4 is 9.80 Å². The average Bonchev–Trinajstić information content (AvgIpc) is 2.93. The van der Waals surface area contributed by atoms with Crippen LogP contribution in [0.25, 0.3) is 11.3 Å². The number of para-hydroxylation sites is 1. The molecular formula is C29H28N4O. The summed E-state index contributed by atoms with van der Waals surface area (Å²) in [6, 6.07) is 34.3. The second kappa shape index (κ2) is 10.3. The van der Waals surface area contributed by atoms with E-state index in [-0.39, 0.29) is 11.8 Å². The Morgan fingerprint density at radius 2 is 1.38 bits per heavy atom. The number of hydrogen-bond acceptors (Lipinski definition) is 4. The Bertz CT molecular complexity index is 1190. The predicted molar refractivity (Wildman–Crippen MR) is 136 cm³/mol. The first-order chi connectivity index (χ1) is 16.8. The topological polar surface area (TPSA) is 49.3 Å². The van der Waals surface area contributed by atoms with E-state index in [1.165, 1.54) is 0 Å². The molecule has 5 rings (SSSR count). The molecular weight excluding hydrogens is 420 g/mol. The van der Waals surface area contributed by atoms with E-state index in [2.05, 4.69) is 27.2 Å². The lowest BCUT2D eigenvalue weighted by Crippen LogP contribution is -2.42. The van der Waals surface area contributed by atoms with Gasteiger partial charge in [-0.1, -0.05) is 78.9 Å². The molecule has 0 unspecified atom stereocenters. The maximum Gasteiger partial charge on any atom is 0.230 e. The number of benzene rings is 3. The number of amides is 1. The van der Waals surface area contributed by atoms with Gasteiger partial charge in [-0.05, 0) is 42.7 Å². The SMILES string of the molecule is O=C(C1CCN(c2ccc(-c3ccccc3)nn2)CC1)N(Cc1ccccc1)c1ccccc1. The van der Waals surface area contributed by atoms with Gasteiger partial charge < -0.3 is 9.80 Å². The van der Waals surface area contributed by atoms with E-state index in [0.29, 0.717) is 6.54 Å². The van der Waals surface area contributed by atoms with Gasteiger partial charge in [0.05, 0.1) is 12.2 Å². The van der Waals surface area contributed by atoms with Crippen molar-refractivity contribution in [3.05, 3.63) is 109 Å². The number of carbonyl (C=O) groups excluding carboxylic acids is 1. The van der Waals surface area contributed by atoms with Crippen LogP contribution in [0.15, 0.2) is 103 Å². The molecule has 0 radical (unpaired) electrons. The summed E-state index contributed by atoms with van der Waals surface area (Å²) in [5, 5.41) is 8.89. The summed E-state index contributed by atoms with van der Waals surface area (Å²) in [4.78, 5) is 17.8. The standard InChI is InChI=1S/C29H28N4O/c34-29(33(26-14-8-3-9-15-26)22-23-10-4-1-5-11-23)25-18-20-32(21-19-25)28-17-16-27(30-31-28)24-12-6-2-7-13-24/h1-17,25H,18-22H2. The van der Waals surface area contributed by atoms with Gasteiger partial charge in [-0.15, -0.1) is 10.2 Å². The molecule has 34 heavy (non-hydrogen) atoms. The van der Waals surface area contributed by atoms with Crippen LogP contribution in [0, 0.1) is 5.92 Å². The number of rotatable bonds is 6. The molecule has 0 spiro atoms. The lowest BCUT2D eigenvalue weighted by atomic mass is 9.94. The molecule has 0 saturated carbocycles. The molecule has 1 aliphatic rings. The molecule has 1 aromatic heterocycles. The predicted octanol–water partition coefficient (Wildman–Crippen LogP) is 5.59. The van der Waals surface area contributed by atoms with Crippen molar-refractivity contribution in [2.75, 3.05) is 22.9 Å². The van der Waals surface area contributed by atoms with Crippen LogP contribution in [-0.4, -0.2) is 29.2 Å². The highest BCUT2D eigenvalue weighted by Gasteiger charge is 2.30. The highest BCUT2D eigenvalue weighted by Crippen LogP contribution is 2.27. The van der Waals surface area contributed by atoms with Gasteiger partial charge in [0.1, 0.15) is 0 Å². The summed E-state index contributed by atoms with van der Waals surface area (Å²) >= 11 is 0. The monoisotopic (exact) mass is 448 g/mol. The molecule has 0 aliphatic carbocycles. The summed E-state index contributed by atoms with van der Waals surface area (Å²) in [6.45, 7) is 2.17. The maximum absolute atomic E-state index is 13.6. The Balaban J connectivity index is 1.26. The van der Waals surface area contributed by atoms with E-state index in [1.807, 2.05) is 95.9 Å². The van der Waals surface area contributed by atoms with Crippen molar-refractivity contribution in [1.29, 1.82) is 0 Å². The zero-order valence-corrected chi connectivity index (χ0v) is 19.1. The van der Waals surface area contributed by atoms with Gasteiger partial charge in [-0.2, -0.15) is 0 Å². The van der Waals surface area contributed by atoms with Crippen LogP contribution >= 0.6 is 0 Å². The van der Waals surface area contributed by atoms with Crippen LogP contribution in [0.5, 0.6) is 0 Å². The Hall–Kier alpha value is -3.99. The fraction of sp³-hybridized carbons (Fsp3) is 0.207. The number of aromatic nitrogens is 2. The van der Waals surface area contributed by atoms with Crippen LogP contribution in [0.2, 0.25) is 0 Å². The van der Waals surface area contributed by atoms with Gasteiger partial charge in [0.2, 0.25) is 5.91 Å². The molecule has 3 aromatic carbocycles. The number of carbonyl (C=O) groups is 1. The maximum atomic E-state index is 13.6. The molecule has 1 saturated heterocycles. The zero-order chi connectivity index (χ0) is 23.2. The van der Waals surface area contributed by atoms with Crippen molar-refractivity contribution >= 4 is 17.4 Å². The van der Waals surface area contributed by atoms with Gasteiger partial charge in [0.25, 0.3) is 0 Å². The summed E-state index contributed by atoms with van der Waals surface area (Å²) in [6.07, 6.45) is 1.61. The molecule has 0 atom stereocenters. The summed E-state index contributed by atoms with van der Waals surface area (Å²) in [5.41, 5.74) is 4.01. The molecule has 5 heteroatoms. The third-order valence-electron chi connectivity index (χ3n) is 6.41. The Morgan fingerprint density at radius 3 is 2.00 bits per heavy atom. The summed E-state index contributed by atoms with van der Waals surface area (Å²) < 4.78 is 0. The smallest absolute Gasteiger partial charge is 0.230 e. The number of hydrogen-bond donors (Lipinski definition) is 0. The number of nitrogens with zero attached hydrogens (tertiary/aromatic N) is 4. The zero-order valence-electron chi connectivity index (χ0n) is 19.1. The fourth-order valence-corrected chi connectivity index (χ4v) is 4.50. The Labute approximate surface area is 200 Å². The first-order valence-corrected chi connectivity index (χ1v) is 11.8. The lowest BCUT2D eigenvalue weighted by Gasteiger charge is -2.34. The molecule has 1 aliphatic heterocycles. The van der Waals surface area contributed by atoms with E-state index in [0.717, 1.165) is 54.3 Å². The molecule has 1 amide bonds. The van der Waals surface area contributed by atoms with Crippen molar-refractivity contribution < 1.29 is 4.79 Å². The molecule has 4 aromatic rings. The van der Waals surface area contributed by atoms with Crippen molar-refractivity contribution in [1.82, 2.24) is 10.2 Å². The Morgan fingerprint density at radius 1 is 0.765 bits per heavy atom. The third-order valence-corrected chi connectivity index (χ3v) is 6.41. The third kappa shape index (κ3) is 4.99. The van der Waals surface area contributed by atoms with Crippen molar-refractivity contribution in [2.24, 2.45) is 5.92 Å². The van der Waals surface area contributed by atoms with E-state index >= 15 is 0 Å². The van der Waals surface area contributed by atoms with E-state index in [9.17, 15) is 4.79 Å². The highest BCUT2D eigenvalue weighted by molar-refractivity contribution is 5.95. The lowest BCUT2D eigenvalue weighted by molar-refractivity contribution is -0.123. The first-order valence-electron chi connectivity index (χ1n) is 11.8. The number of anilines is 2. The molecule has 2 heterocycles. The highest BCUT2D eigenvalue weighted by atomic mass is 16.2. The van der Waals surface area contributed by atoms with Gasteiger partial charge in [0.15, 0.2) is 5.82 Å². The molecule has 5 nitrogen and oxygen atoms in total. The van der Waals surface area contributed by atoms with E-state index in [4.69, 9.17) is 0 Å². The summed E-state index contributed by atoms with van der Waals surface area (Å²) in [5.74, 6) is 1.06. The van der Waals surface area contributed by atoms with Gasteiger partial charge in [-0.25, -0.2) is 0 Å². The van der Waals surface area contributed by atoms with Gasteiger partial charge >= 0.3 is 0 Å². The minimum atomic E-state index is -0.00304. The average molecular weight is 449 g/mol. The largest absolute Gasteiger partial charge is 0.355 e. The van der Waals surface area contributed by atoms with Crippen LogP contribution in [-0.2, 0) is 11.3 Å². The molecule has 170 valence electrons. The van der Waals surface area contributed by atoms with Crippen molar-refractivity contribution in [2.45, 2.75) is 19.4 Å². The van der Waals surface area contributed by atoms with Crippen LogP contribution in [0.3, 0.4) is 0 Å². The minimum Gasteiger partial charge on any atom is -0.355 e. The van der Waals surface area contributed by atoms with Gasteiger partial charge in [0, 0.05) is 30.3 Å². The van der Waals surface area contributed by atoms with E-state index in [1.54, 1.807) is 0 Å². The summed E-state index contributed by atoms with van der Waals surface area (Å²) in [7, 11) is 0. The first kappa shape index (κ1) is 21.8. The molecule has 0 N–H and O–H groups in total. The molecule has 0 bridgehead atoms. The van der Waals surface area contributed by atoms with Gasteiger partial charge in [-0.3, -0.25) is 4.79 Å². The second-order valence-electron chi connectivity index (χ2n) is 8.65. The van der Waals surface area contributed by atoms with Crippen LogP contribution in [0.1, 0.15) is 18.4 Å². The second-order valence-corrected chi connectivity index (χ2v) is 8.65. The fourth-order valence-electron chi connectivity index (χ4n) is 4.50.